The topological polar surface area (TPSA) is 50.4 Å². The zero-order chi connectivity index (χ0) is 8.97. The lowest BCUT2D eigenvalue weighted by Crippen LogP contribution is -2.44. The van der Waals surface area contributed by atoms with Crippen molar-refractivity contribution < 1.29 is 9.53 Å². The number of carbonyl (C=O) groups is 1. The number of amides is 2. The van der Waals surface area contributed by atoms with E-state index in [-0.39, 0.29) is 18.3 Å². The van der Waals surface area contributed by atoms with Gasteiger partial charge in [-0.05, 0) is 26.7 Å². The van der Waals surface area contributed by atoms with E-state index in [0.717, 1.165) is 19.4 Å². The Morgan fingerprint density at radius 3 is 2.83 bits per heavy atom. The van der Waals surface area contributed by atoms with Crippen LogP contribution in [0.3, 0.4) is 0 Å². The van der Waals surface area contributed by atoms with E-state index < -0.39 is 0 Å². The molecule has 0 aromatic carbocycles. The van der Waals surface area contributed by atoms with Crippen molar-refractivity contribution in [3.63, 3.8) is 0 Å². The van der Waals surface area contributed by atoms with Crippen LogP contribution in [-0.2, 0) is 4.74 Å². The van der Waals surface area contributed by atoms with Gasteiger partial charge < -0.3 is 15.4 Å². The Bertz CT molecular complexity index is 153. The van der Waals surface area contributed by atoms with Crippen LogP contribution in [0.2, 0.25) is 0 Å². The molecular formula is C8H16N2O2. The maximum absolute atomic E-state index is 11.1. The minimum atomic E-state index is -0.142. The van der Waals surface area contributed by atoms with Crippen molar-refractivity contribution in [1.82, 2.24) is 10.6 Å². The summed E-state index contributed by atoms with van der Waals surface area (Å²) < 4.78 is 5.23. The highest BCUT2D eigenvalue weighted by atomic mass is 16.5. The lowest BCUT2D eigenvalue weighted by molar-refractivity contribution is 0.0904. The first-order valence-electron chi connectivity index (χ1n) is 4.37. The average Bonchev–Trinajstić information content (AvgIpc) is 2.37. The van der Waals surface area contributed by atoms with Crippen molar-refractivity contribution in [3.8, 4) is 0 Å². The zero-order valence-electron chi connectivity index (χ0n) is 7.59. The lowest BCUT2D eigenvalue weighted by Gasteiger charge is -2.14. The summed E-state index contributed by atoms with van der Waals surface area (Å²) in [4.78, 5) is 11.1. The summed E-state index contributed by atoms with van der Waals surface area (Å²) in [5.74, 6) is 0. The minimum Gasteiger partial charge on any atom is -0.358 e. The Labute approximate surface area is 72.7 Å². The van der Waals surface area contributed by atoms with E-state index in [1.165, 1.54) is 0 Å². The molecule has 1 aliphatic rings. The van der Waals surface area contributed by atoms with Gasteiger partial charge in [0, 0.05) is 12.6 Å². The molecule has 70 valence electrons. The molecule has 1 fully saturated rings. The second-order valence-electron chi connectivity index (χ2n) is 3.27. The molecule has 1 saturated heterocycles. The summed E-state index contributed by atoms with van der Waals surface area (Å²) in [5.41, 5.74) is 0. The molecule has 2 N–H and O–H groups in total. The quantitative estimate of drug-likeness (QED) is 0.648. The molecule has 1 heterocycles. The van der Waals surface area contributed by atoms with Gasteiger partial charge in [-0.25, -0.2) is 4.79 Å². The Hall–Kier alpha value is -0.770. The van der Waals surface area contributed by atoms with Gasteiger partial charge in [-0.15, -0.1) is 0 Å². The third-order valence-corrected chi connectivity index (χ3v) is 1.64. The van der Waals surface area contributed by atoms with Crippen LogP contribution >= 0.6 is 0 Å². The molecule has 0 aromatic heterocycles. The van der Waals surface area contributed by atoms with Crippen molar-refractivity contribution in [1.29, 1.82) is 0 Å². The minimum absolute atomic E-state index is 0.0799. The fourth-order valence-electron chi connectivity index (χ4n) is 1.14. The Kier molecular flexibility index (Phi) is 3.34. The molecule has 1 aliphatic heterocycles. The maximum Gasteiger partial charge on any atom is 0.316 e. The van der Waals surface area contributed by atoms with Crippen LogP contribution in [0, 0.1) is 0 Å². The number of urea groups is 1. The van der Waals surface area contributed by atoms with Crippen molar-refractivity contribution in [3.05, 3.63) is 0 Å². The fourth-order valence-corrected chi connectivity index (χ4v) is 1.14. The van der Waals surface area contributed by atoms with Gasteiger partial charge in [-0.3, -0.25) is 0 Å². The maximum atomic E-state index is 11.1. The molecular weight excluding hydrogens is 156 g/mol. The van der Waals surface area contributed by atoms with Gasteiger partial charge in [0.1, 0.15) is 6.23 Å². The molecule has 0 bridgehead atoms. The lowest BCUT2D eigenvalue weighted by atomic mass is 10.3. The van der Waals surface area contributed by atoms with Crippen LogP contribution in [0.15, 0.2) is 0 Å². The number of nitrogens with one attached hydrogen (secondary N) is 2. The van der Waals surface area contributed by atoms with Crippen LogP contribution in [0.25, 0.3) is 0 Å². The first-order chi connectivity index (χ1) is 5.68. The van der Waals surface area contributed by atoms with E-state index in [1.807, 2.05) is 13.8 Å². The molecule has 12 heavy (non-hydrogen) atoms. The number of rotatable bonds is 2. The molecule has 0 aliphatic carbocycles. The van der Waals surface area contributed by atoms with Crippen LogP contribution in [-0.4, -0.2) is 24.9 Å². The van der Waals surface area contributed by atoms with Gasteiger partial charge in [0.25, 0.3) is 0 Å². The summed E-state index contributed by atoms with van der Waals surface area (Å²) in [7, 11) is 0. The highest BCUT2D eigenvalue weighted by Crippen LogP contribution is 2.08. The van der Waals surface area contributed by atoms with Crippen molar-refractivity contribution in [2.75, 3.05) is 6.61 Å². The van der Waals surface area contributed by atoms with Crippen molar-refractivity contribution in [2.45, 2.75) is 39.0 Å². The first kappa shape index (κ1) is 9.32. The third kappa shape index (κ3) is 3.09. The SMILES string of the molecule is CC(C)NC(=O)NC1CCCO1. The highest BCUT2D eigenvalue weighted by molar-refractivity contribution is 5.74. The third-order valence-electron chi connectivity index (χ3n) is 1.64. The molecule has 0 spiro atoms. The summed E-state index contributed by atoms with van der Waals surface area (Å²) in [6, 6.07) is 0.0308. The Morgan fingerprint density at radius 1 is 1.58 bits per heavy atom. The van der Waals surface area contributed by atoms with Crippen molar-refractivity contribution in [2.24, 2.45) is 0 Å². The highest BCUT2D eigenvalue weighted by Gasteiger charge is 2.17. The van der Waals surface area contributed by atoms with Crippen LogP contribution in [0.5, 0.6) is 0 Å². The zero-order valence-corrected chi connectivity index (χ0v) is 7.59. The van der Waals surface area contributed by atoms with Gasteiger partial charge in [0.05, 0.1) is 0 Å². The molecule has 4 heteroatoms. The summed E-state index contributed by atoms with van der Waals surface area (Å²) in [5, 5.41) is 5.48. The number of hydrogen-bond acceptors (Lipinski definition) is 2. The number of hydrogen-bond donors (Lipinski definition) is 2. The summed E-state index contributed by atoms with van der Waals surface area (Å²) in [6.45, 7) is 4.61. The monoisotopic (exact) mass is 172 g/mol. The van der Waals surface area contributed by atoms with E-state index >= 15 is 0 Å². The second-order valence-corrected chi connectivity index (χ2v) is 3.27. The smallest absolute Gasteiger partial charge is 0.316 e. The van der Waals surface area contributed by atoms with Crippen LogP contribution < -0.4 is 10.6 Å². The molecule has 1 rings (SSSR count). The Balaban J connectivity index is 2.16. The fraction of sp³-hybridized carbons (Fsp3) is 0.875. The summed E-state index contributed by atoms with van der Waals surface area (Å²) in [6.07, 6.45) is 1.88. The van der Waals surface area contributed by atoms with Gasteiger partial charge in [-0.1, -0.05) is 0 Å². The van der Waals surface area contributed by atoms with E-state index in [2.05, 4.69) is 10.6 Å². The van der Waals surface area contributed by atoms with Crippen molar-refractivity contribution >= 4 is 6.03 Å². The van der Waals surface area contributed by atoms with Gasteiger partial charge in [0.2, 0.25) is 0 Å². The first-order valence-corrected chi connectivity index (χ1v) is 4.37. The van der Waals surface area contributed by atoms with Gasteiger partial charge in [-0.2, -0.15) is 0 Å². The van der Waals surface area contributed by atoms with Crippen LogP contribution in [0.1, 0.15) is 26.7 Å². The number of carbonyl (C=O) groups excluding carboxylic acids is 1. The Morgan fingerprint density at radius 2 is 2.33 bits per heavy atom. The molecule has 2 amide bonds. The number of ether oxygens (including phenoxy) is 1. The molecule has 0 saturated carbocycles. The van der Waals surface area contributed by atoms with E-state index in [4.69, 9.17) is 4.74 Å². The average molecular weight is 172 g/mol. The van der Waals surface area contributed by atoms with Gasteiger partial charge in [0.15, 0.2) is 0 Å². The summed E-state index contributed by atoms with van der Waals surface area (Å²) >= 11 is 0. The van der Waals surface area contributed by atoms with Crippen LogP contribution in [0.4, 0.5) is 4.79 Å². The second kappa shape index (κ2) is 4.30. The molecule has 0 radical (unpaired) electrons. The van der Waals surface area contributed by atoms with E-state index in [0.29, 0.717) is 0 Å². The van der Waals surface area contributed by atoms with E-state index in [1.54, 1.807) is 0 Å². The predicted molar refractivity (Wildman–Crippen MR) is 45.8 cm³/mol. The normalized spacial score (nSPS) is 22.8. The van der Waals surface area contributed by atoms with Gasteiger partial charge >= 0.3 is 6.03 Å². The molecule has 1 unspecified atom stereocenters. The molecule has 0 aromatic rings. The van der Waals surface area contributed by atoms with E-state index in [9.17, 15) is 4.79 Å². The predicted octanol–water partition coefficient (Wildman–Crippen LogP) is 0.830. The molecule has 1 atom stereocenters. The standard InChI is InChI=1S/C8H16N2O2/c1-6(2)9-8(11)10-7-4-3-5-12-7/h6-7H,3-5H2,1-2H3,(H2,9,10,11). The largest absolute Gasteiger partial charge is 0.358 e. The molecule has 4 nitrogen and oxygen atoms in total.